The lowest BCUT2D eigenvalue weighted by molar-refractivity contribution is -0.150. The van der Waals surface area contributed by atoms with Gasteiger partial charge in [0.1, 0.15) is 5.54 Å². The van der Waals surface area contributed by atoms with Crippen molar-refractivity contribution in [3.63, 3.8) is 0 Å². The molecule has 1 N–H and O–H groups in total. The normalized spacial score (nSPS) is 22.6. The molecule has 17 heavy (non-hydrogen) atoms. The fourth-order valence-corrected chi connectivity index (χ4v) is 2.72. The van der Waals surface area contributed by atoms with Crippen LogP contribution in [0.1, 0.15) is 41.0 Å². The summed E-state index contributed by atoms with van der Waals surface area (Å²) in [5.74, 6) is -0.734. The van der Waals surface area contributed by atoms with Crippen LogP contribution in [0.5, 0.6) is 0 Å². The van der Waals surface area contributed by atoms with Crippen LogP contribution in [-0.2, 0) is 4.79 Å². The predicted molar refractivity (Wildman–Crippen MR) is 69.2 cm³/mol. The summed E-state index contributed by atoms with van der Waals surface area (Å²) in [5, 5.41) is 9.32. The molecular weight excluding hydrogens is 216 g/mol. The zero-order chi connectivity index (χ0) is 13.2. The highest BCUT2D eigenvalue weighted by atomic mass is 16.4. The highest BCUT2D eigenvalue weighted by Gasteiger charge is 2.40. The number of carboxylic acids is 1. The molecule has 1 heterocycles. The van der Waals surface area contributed by atoms with Crippen LogP contribution in [0.4, 0.5) is 0 Å². The average molecular weight is 242 g/mol. The fraction of sp³-hybridized carbons (Fsp3) is 0.923. The summed E-state index contributed by atoms with van der Waals surface area (Å²) >= 11 is 0. The number of hydrogen-bond acceptors (Lipinski definition) is 3. The molecule has 1 aliphatic rings. The lowest BCUT2D eigenvalue weighted by atomic mass is 10.00. The van der Waals surface area contributed by atoms with Crippen molar-refractivity contribution in [1.29, 1.82) is 0 Å². The molecule has 4 nitrogen and oxygen atoms in total. The number of likely N-dealkylation sites (N-methyl/N-ethyl adjacent to an activating group) is 1. The molecule has 0 saturated carbocycles. The zero-order valence-electron chi connectivity index (χ0n) is 11.7. The van der Waals surface area contributed by atoms with Crippen molar-refractivity contribution >= 4 is 5.97 Å². The van der Waals surface area contributed by atoms with Crippen LogP contribution in [-0.4, -0.2) is 58.1 Å². The minimum atomic E-state index is -0.771. The molecule has 0 amide bonds. The SMILES string of the molecule is CCN(C1CCN(C(C)C)C1)C(C)(C)C(=O)O. The van der Waals surface area contributed by atoms with Gasteiger partial charge in [-0.05, 0) is 40.7 Å². The minimum Gasteiger partial charge on any atom is -0.480 e. The van der Waals surface area contributed by atoms with Gasteiger partial charge in [-0.3, -0.25) is 14.6 Å². The standard InChI is InChI=1S/C13H26N2O2/c1-6-15(13(4,5)12(16)17)11-7-8-14(9-11)10(2)3/h10-11H,6-9H2,1-5H3,(H,16,17). The average Bonchev–Trinajstić information content (AvgIpc) is 2.67. The van der Waals surface area contributed by atoms with E-state index in [1.54, 1.807) is 13.8 Å². The first-order valence-electron chi connectivity index (χ1n) is 6.54. The van der Waals surface area contributed by atoms with Crippen molar-refractivity contribution in [2.45, 2.75) is 58.7 Å². The third kappa shape index (κ3) is 2.99. The largest absolute Gasteiger partial charge is 0.480 e. The van der Waals surface area contributed by atoms with Crippen molar-refractivity contribution in [2.75, 3.05) is 19.6 Å². The molecule has 0 aliphatic carbocycles. The summed E-state index contributed by atoms with van der Waals surface area (Å²) in [6.07, 6.45) is 1.07. The topological polar surface area (TPSA) is 43.8 Å². The maximum atomic E-state index is 11.3. The van der Waals surface area contributed by atoms with E-state index in [0.29, 0.717) is 12.1 Å². The van der Waals surface area contributed by atoms with Gasteiger partial charge in [-0.2, -0.15) is 0 Å². The number of carbonyl (C=O) groups is 1. The molecular formula is C13H26N2O2. The van der Waals surface area contributed by atoms with Crippen LogP contribution in [0.2, 0.25) is 0 Å². The maximum absolute atomic E-state index is 11.3. The first kappa shape index (κ1) is 14.5. The van der Waals surface area contributed by atoms with Crippen molar-refractivity contribution in [3.05, 3.63) is 0 Å². The van der Waals surface area contributed by atoms with Crippen LogP contribution >= 0.6 is 0 Å². The second kappa shape index (κ2) is 5.36. The Labute approximate surface area is 105 Å². The minimum absolute atomic E-state index is 0.369. The van der Waals surface area contributed by atoms with Crippen molar-refractivity contribution in [1.82, 2.24) is 9.80 Å². The molecule has 0 aromatic rings. The van der Waals surface area contributed by atoms with Crippen LogP contribution in [0.3, 0.4) is 0 Å². The monoisotopic (exact) mass is 242 g/mol. The molecule has 1 fully saturated rings. The van der Waals surface area contributed by atoms with E-state index in [1.807, 2.05) is 6.92 Å². The van der Waals surface area contributed by atoms with E-state index >= 15 is 0 Å². The second-order valence-electron chi connectivity index (χ2n) is 5.68. The van der Waals surface area contributed by atoms with E-state index in [0.717, 1.165) is 26.1 Å². The maximum Gasteiger partial charge on any atom is 0.323 e. The Bertz CT molecular complexity index is 277. The van der Waals surface area contributed by atoms with E-state index < -0.39 is 11.5 Å². The molecule has 1 rings (SSSR count). The molecule has 1 aliphatic heterocycles. The van der Waals surface area contributed by atoms with Gasteiger partial charge in [0.2, 0.25) is 0 Å². The highest BCUT2D eigenvalue weighted by Crippen LogP contribution is 2.25. The number of nitrogens with zero attached hydrogens (tertiary/aromatic N) is 2. The van der Waals surface area contributed by atoms with Crippen molar-refractivity contribution < 1.29 is 9.90 Å². The van der Waals surface area contributed by atoms with Gasteiger partial charge in [0.25, 0.3) is 0 Å². The molecule has 100 valence electrons. The summed E-state index contributed by atoms with van der Waals surface area (Å²) in [7, 11) is 0. The second-order valence-corrected chi connectivity index (χ2v) is 5.68. The van der Waals surface area contributed by atoms with Gasteiger partial charge in [-0.25, -0.2) is 0 Å². The molecule has 0 aromatic heterocycles. The Hall–Kier alpha value is -0.610. The molecule has 1 saturated heterocycles. The van der Waals surface area contributed by atoms with Crippen LogP contribution in [0, 0.1) is 0 Å². The fourth-order valence-electron chi connectivity index (χ4n) is 2.72. The number of aliphatic carboxylic acids is 1. The summed E-state index contributed by atoms with van der Waals surface area (Å²) in [5.41, 5.74) is -0.771. The Balaban J connectivity index is 2.74. The van der Waals surface area contributed by atoms with Gasteiger partial charge in [-0.1, -0.05) is 6.92 Å². The first-order valence-corrected chi connectivity index (χ1v) is 6.54. The van der Waals surface area contributed by atoms with E-state index in [9.17, 15) is 9.90 Å². The Morgan fingerprint density at radius 2 is 2.12 bits per heavy atom. The number of likely N-dealkylation sites (tertiary alicyclic amines) is 1. The first-order chi connectivity index (χ1) is 7.80. The van der Waals surface area contributed by atoms with Gasteiger partial charge < -0.3 is 5.11 Å². The van der Waals surface area contributed by atoms with E-state index in [1.165, 1.54) is 0 Å². The van der Waals surface area contributed by atoms with Crippen LogP contribution < -0.4 is 0 Å². The molecule has 0 spiro atoms. The quantitative estimate of drug-likeness (QED) is 0.796. The molecule has 0 bridgehead atoms. The Morgan fingerprint density at radius 3 is 2.47 bits per heavy atom. The zero-order valence-corrected chi connectivity index (χ0v) is 11.7. The summed E-state index contributed by atoms with van der Waals surface area (Å²) < 4.78 is 0. The highest BCUT2D eigenvalue weighted by molar-refractivity contribution is 5.77. The number of carboxylic acid groups (broad SMARTS) is 1. The van der Waals surface area contributed by atoms with Gasteiger partial charge in [0.05, 0.1) is 0 Å². The van der Waals surface area contributed by atoms with Gasteiger partial charge in [0.15, 0.2) is 0 Å². The molecule has 1 atom stereocenters. The molecule has 1 unspecified atom stereocenters. The third-order valence-electron chi connectivity index (χ3n) is 3.95. The third-order valence-corrected chi connectivity index (χ3v) is 3.95. The predicted octanol–water partition coefficient (Wildman–Crippen LogP) is 1.65. The molecule has 0 radical (unpaired) electrons. The molecule has 0 aromatic carbocycles. The summed E-state index contributed by atoms with van der Waals surface area (Å²) in [6.45, 7) is 12.9. The van der Waals surface area contributed by atoms with Gasteiger partial charge in [0, 0.05) is 25.2 Å². The Kier molecular flexibility index (Phi) is 4.55. The lowest BCUT2D eigenvalue weighted by Gasteiger charge is -2.39. The van der Waals surface area contributed by atoms with E-state index in [-0.39, 0.29) is 0 Å². The van der Waals surface area contributed by atoms with Crippen LogP contribution in [0.15, 0.2) is 0 Å². The van der Waals surface area contributed by atoms with Crippen molar-refractivity contribution in [2.24, 2.45) is 0 Å². The summed E-state index contributed by atoms with van der Waals surface area (Å²) in [4.78, 5) is 15.9. The molecule has 4 heteroatoms. The van der Waals surface area contributed by atoms with Crippen molar-refractivity contribution in [3.8, 4) is 0 Å². The Morgan fingerprint density at radius 1 is 1.53 bits per heavy atom. The smallest absolute Gasteiger partial charge is 0.323 e. The summed E-state index contributed by atoms with van der Waals surface area (Å²) in [6, 6.07) is 0.917. The lowest BCUT2D eigenvalue weighted by Crippen LogP contribution is -2.55. The van der Waals surface area contributed by atoms with E-state index in [4.69, 9.17) is 0 Å². The number of hydrogen-bond donors (Lipinski definition) is 1. The number of rotatable bonds is 5. The van der Waals surface area contributed by atoms with Crippen LogP contribution in [0.25, 0.3) is 0 Å². The van der Waals surface area contributed by atoms with E-state index in [2.05, 4.69) is 23.6 Å². The van der Waals surface area contributed by atoms with Gasteiger partial charge in [-0.15, -0.1) is 0 Å². The van der Waals surface area contributed by atoms with Gasteiger partial charge >= 0.3 is 5.97 Å².